The van der Waals surface area contributed by atoms with E-state index in [-0.39, 0.29) is 17.8 Å². The van der Waals surface area contributed by atoms with Crippen LogP contribution >= 0.6 is 0 Å². The SMILES string of the molecule is CCOC(=O)C[C@@]1(O)CCCC1(C)C. The number of carbonyl (C=O) groups is 1. The Morgan fingerprint density at radius 3 is 2.50 bits per heavy atom. The van der Waals surface area contributed by atoms with Crippen LogP contribution in [0.1, 0.15) is 46.5 Å². The number of hydrogen-bond donors (Lipinski definition) is 1. The fourth-order valence-corrected chi connectivity index (χ4v) is 2.17. The zero-order valence-electron chi connectivity index (χ0n) is 9.30. The van der Waals surface area contributed by atoms with E-state index in [9.17, 15) is 9.90 Å². The molecule has 0 aliphatic heterocycles. The van der Waals surface area contributed by atoms with Crippen molar-refractivity contribution < 1.29 is 14.6 Å². The highest BCUT2D eigenvalue weighted by Crippen LogP contribution is 2.47. The van der Waals surface area contributed by atoms with Gasteiger partial charge >= 0.3 is 5.97 Å². The van der Waals surface area contributed by atoms with Crippen LogP contribution in [0.3, 0.4) is 0 Å². The van der Waals surface area contributed by atoms with Gasteiger partial charge in [0.25, 0.3) is 0 Å². The molecule has 0 aromatic carbocycles. The molecule has 0 aromatic heterocycles. The van der Waals surface area contributed by atoms with Crippen molar-refractivity contribution in [1.29, 1.82) is 0 Å². The maximum Gasteiger partial charge on any atom is 0.308 e. The molecule has 82 valence electrons. The highest BCUT2D eigenvalue weighted by molar-refractivity contribution is 5.70. The second-order valence-corrected chi connectivity index (χ2v) is 4.75. The number of esters is 1. The number of ether oxygens (including phenoxy) is 1. The van der Waals surface area contributed by atoms with E-state index < -0.39 is 5.60 Å². The van der Waals surface area contributed by atoms with E-state index in [1.54, 1.807) is 6.92 Å². The first-order valence-corrected chi connectivity index (χ1v) is 5.29. The van der Waals surface area contributed by atoms with Crippen molar-refractivity contribution in [3.05, 3.63) is 0 Å². The summed E-state index contributed by atoms with van der Waals surface area (Å²) < 4.78 is 4.86. The lowest BCUT2D eigenvalue weighted by Crippen LogP contribution is -2.42. The van der Waals surface area contributed by atoms with Crippen LogP contribution in [-0.2, 0) is 9.53 Å². The molecule has 1 rings (SSSR count). The smallest absolute Gasteiger partial charge is 0.308 e. The third kappa shape index (κ3) is 2.08. The van der Waals surface area contributed by atoms with Gasteiger partial charge in [0.2, 0.25) is 0 Å². The molecule has 1 saturated carbocycles. The zero-order chi connectivity index (χ0) is 10.8. The Kier molecular flexibility index (Phi) is 3.20. The van der Waals surface area contributed by atoms with Gasteiger partial charge in [-0.15, -0.1) is 0 Å². The molecule has 1 aliphatic carbocycles. The molecule has 1 aliphatic rings. The summed E-state index contributed by atoms with van der Waals surface area (Å²) in [6.45, 7) is 6.19. The molecule has 0 bridgehead atoms. The fraction of sp³-hybridized carbons (Fsp3) is 0.909. The first-order valence-electron chi connectivity index (χ1n) is 5.29. The van der Waals surface area contributed by atoms with Gasteiger partial charge in [-0.2, -0.15) is 0 Å². The molecule has 0 amide bonds. The lowest BCUT2D eigenvalue weighted by molar-refractivity contribution is -0.153. The molecule has 3 nitrogen and oxygen atoms in total. The van der Waals surface area contributed by atoms with E-state index in [1.807, 2.05) is 13.8 Å². The van der Waals surface area contributed by atoms with Gasteiger partial charge in [-0.25, -0.2) is 0 Å². The van der Waals surface area contributed by atoms with Gasteiger partial charge in [-0.3, -0.25) is 4.79 Å². The molecule has 1 N–H and O–H groups in total. The molecule has 0 radical (unpaired) electrons. The summed E-state index contributed by atoms with van der Waals surface area (Å²) in [6.07, 6.45) is 2.80. The lowest BCUT2D eigenvalue weighted by Gasteiger charge is -2.35. The van der Waals surface area contributed by atoms with E-state index in [2.05, 4.69) is 0 Å². The Bertz CT molecular complexity index is 223. The van der Waals surface area contributed by atoms with Crippen LogP contribution in [0.2, 0.25) is 0 Å². The maximum atomic E-state index is 11.3. The number of aliphatic hydroxyl groups is 1. The van der Waals surface area contributed by atoms with E-state index in [0.29, 0.717) is 13.0 Å². The first-order chi connectivity index (χ1) is 6.41. The van der Waals surface area contributed by atoms with E-state index in [4.69, 9.17) is 4.74 Å². The van der Waals surface area contributed by atoms with Crippen molar-refractivity contribution >= 4 is 5.97 Å². The summed E-state index contributed by atoms with van der Waals surface area (Å²) in [4.78, 5) is 11.3. The average molecular weight is 200 g/mol. The third-order valence-electron chi connectivity index (χ3n) is 3.39. The third-order valence-corrected chi connectivity index (χ3v) is 3.39. The van der Waals surface area contributed by atoms with E-state index >= 15 is 0 Å². The highest BCUT2D eigenvalue weighted by atomic mass is 16.5. The zero-order valence-corrected chi connectivity index (χ0v) is 9.30. The van der Waals surface area contributed by atoms with Gasteiger partial charge in [0.05, 0.1) is 18.6 Å². The summed E-state index contributed by atoms with van der Waals surface area (Å²) in [6, 6.07) is 0. The number of hydrogen-bond acceptors (Lipinski definition) is 3. The molecule has 0 unspecified atom stereocenters. The summed E-state index contributed by atoms with van der Waals surface area (Å²) in [5, 5.41) is 10.3. The topological polar surface area (TPSA) is 46.5 Å². The first kappa shape index (κ1) is 11.5. The molecule has 0 spiro atoms. The molecule has 0 aromatic rings. The molecule has 3 heteroatoms. The summed E-state index contributed by atoms with van der Waals surface area (Å²) in [7, 11) is 0. The van der Waals surface area contributed by atoms with Crippen molar-refractivity contribution in [2.45, 2.75) is 52.1 Å². The van der Waals surface area contributed by atoms with Crippen LogP contribution in [0.4, 0.5) is 0 Å². The Morgan fingerprint density at radius 2 is 2.07 bits per heavy atom. The van der Waals surface area contributed by atoms with Gasteiger partial charge < -0.3 is 9.84 Å². The largest absolute Gasteiger partial charge is 0.466 e. The van der Waals surface area contributed by atoms with Crippen molar-refractivity contribution in [3.63, 3.8) is 0 Å². The van der Waals surface area contributed by atoms with Crippen LogP contribution in [0.5, 0.6) is 0 Å². The van der Waals surface area contributed by atoms with Crippen LogP contribution in [0.15, 0.2) is 0 Å². The fourth-order valence-electron chi connectivity index (χ4n) is 2.17. The Morgan fingerprint density at radius 1 is 1.43 bits per heavy atom. The summed E-state index contributed by atoms with van der Waals surface area (Å²) in [5.74, 6) is -0.287. The minimum atomic E-state index is -0.862. The molecule has 0 saturated heterocycles. The predicted molar refractivity (Wildman–Crippen MR) is 53.8 cm³/mol. The van der Waals surface area contributed by atoms with Crippen molar-refractivity contribution in [2.75, 3.05) is 6.61 Å². The van der Waals surface area contributed by atoms with Crippen molar-refractivity contribution in [1.82, 2.24) is 0 Å². The molecule has 1 fully saturated rings. The monoisotopic (exact) mass is 200 g/mol. The molecule has 1 atom stereocenters. The highest BCUT2D eigenvalue weighted by Gasteiger charge is 2.48. The van der Waals surface area contributed by atoms with Crippen LogP contribution in [0.25, 0.3) is 0 Å². The Hall–Kier alpha value is -0.570. The van der Waals surface area contributed by atoms with Crippen molar-refractivity contribution in [3.8, 4) is 0 Å². The maximum absolute atomic E-state index is 11.3. The molecule has 14 heavy (non-hydrogen) atoms. The average Bonchev–Trinajstić information content (AvgIpc) is 2.26. The van der Waals surface area contributed by atoms with Gasteiger partial charge in [0.15, 0.2) is 0 Å². The molecular formula is C11H20O3. The normalized spacial score (nSPS) is 30.3. The Labute approximate surface area is 85.5 Å². The quantitative estimate of drug-likeness (QED) is 0.707. The van der Waals surface area contributed by atoms with E-state index in [0.717, 1.165) is 12.8 Å². The van der Waals surface area contributed by atoms with Gasteiger partial charge in [-0.1, -0.05) is 13.8 Å². The summed E-state index contributed by atoms with van der Waals surface area (Å²) >= 11 is 0. The summed E-state index contributed by atoms with van der Waals surface area (Å²) in [5.41, 5.74) is -1.03. The lowest BCUT2D eigenvalue weighted by atomic mass is 9.76. The van der Waals surface area contributed by atoms with Crippen molar-refractivity contribution in [2.24, 2.45) is 5.41 Å². The van der Waals surface area contributed by atoms with Gasteiger partial charge in [0.1, 0.15) is 0 Å². The molecule has 0 heterocycles. The van der Waals surface area contributed by atoms with Crippen LogP contribution in [-0.4, -0.2) is 23.3 Å². The van der Waals surface area contributed by atoms with Crippen LogP contribution in [0, 0.1) is 5.41 Å². The Balaban J connectivity index is 2.61. The minimum absolute atomic E-state index is 0.133. The minimum Gasteiger partial charge on any atom is -0.466 e. The second-order valence-electron chi connectivity index (χ2n) is 4.75. The van der Waals surface area contributed by atoms with E-state index in [1.165, 1.54) is 0 Å². The molecular weight excluding hydrogens is 180 g/mol. The van der Waals surface area contributed by atoms with Gasteiger partial charge in [-0.05, 0) is 31.6 Å². The standard InChI is InChI=1S/C11H20O3/c1-4-14-9(12)8-11(13)7-5-6-10(11,2)3/h13H,4-8H2,1-3H3/t11-/m0/s1. The van der Waals surface area contributed by atoms with Gasteiger partial charge in [0, 0.05) is 0 Å². The second kappa shape index (κ2) is 3.89. The number of rotatable bonds is 3. The predicted octanol–water partition coefficient (Wildman–Crippen LogP) is 1.88. The van der Waals surface area contributed by atoms with Crippen LogP contribution < -0.4 is 0 Å². The number of carbonyl (C=O) groups excluding carboxylic acids is 1.